The van der Waals surface area contributed by atoms with E-state index in [-0.39, 0.29) is 24.8 Å². The normalized spacial score (nSPS) is 24.0. The maximum Gasteiger partial charge on any atom is 0.204 e. The molecule has 0 aromatic rings. The molecule has 15 heavy (non-hydrogen) atoms. The van der Waals surface area contributed by atoms with E-state index in [1.807, 2.05) is 9.80 Å². The summed E-state index contributed by atoms with van der Waals surface area (Å²) in [6.07, 6.45) is 8.87. The number of piperidine rings is 2. The Hall–Kier alpha value is 0.500. The Morgan fingerprint density at radius 3 is 1.20 bits per heavy atom. The minimum atomic E-state index is 0. The summed E-state index contributed by atoms with van der Waals surface area (Å²) >= 11 is 0. The number of hydrogen-bond donors (Lipinski definition) is 2. The molecule has 0 radical (unpaired) electrons. The van der Waals surface area contributed by atoms with Crippen LogP contribution in [0.1, 0.15) is 38.5 Å². The SMILES string of the molecule is C1CC[NH+](C[NH+]2CCCCC2)CC1.[Cl-].[Cl-]. The molecule has 0 atom stereocenters. The first kappa shape index (κ1) is 15.5. The van der Waals surface area contributed by atoms with Crippen LogP contribution >= 0.6 is 0 Å². The van der Waals surface area contributed by atoms with Crippen molar-refractivity contribution in [2.45, 2.75) is 38.5 Å². The average molecular weight is 255 g/mol. The van der Waals surface area contributed by atoms with E-state index in [2.05, 4.69) is 0 Å². The highest BCUT2D eigenvalue weighted by molar-refractivity contribution is 4.46. The first-order valence-corrected chi connectivity index (χ1v) is 6.12. The zero-order chi connectivity index (χ0) is 8.93. The van der Waals surface area contributed by atoms with Crippen molar-refractivity contribution in [2.75, 3.05) is 32.8 Å². The Kier molecular flexibility index (Phi) is 8.92. The largest absolute Gasteiger partial charge is 1.00 e. The molecule has 4 heteroatoms. The van der Waals surface area contributed by atoms with Gasteiger partial charge in [-0.05, 0) is 38.5 Å². The molecule has 2 nitrogen and oxygen atoms in total. The molecule has 0 bridgehead atoms. The van der Waals surface area contributed by atoms with Crippen molar-refractivity contribution in [2.24, 2.45) is 0 Å². The van der Waals surface area contributed by atoms with Crippen molar-refractivity contribution < 1.29 is 34.6 Å². The van der Waals surface area contributed by atoms with Gasteiger partial charge in [-0.2, -0.15) is 0 Å². The van der Waals surface area contributed by atoms with E-state index in [4.69, 9.17) is 0 Å². The van der Waals surface area contributed by atoms with E-state index in [1.54, 1.807) is 0 Å². The predicted molar refractivity (Wildman–Crippen MR) is 54.0 cm³/mol. The lowest BCUT2D eigenvalue weighted by Crippen LogP contribution is -3.31. The third kappa shape index (κ3) is 5.39. The second kappa shape index (κ2) is 8.63. The summed E-state index contributed by atoms with van der Waals surface area (Å²) < 4.78 is 0. The van der Waals surface area contributed by atoms with Gasteiger partial charge in [0.15, 0.2) is 0 Å². The molecule has 0 unspecified atom stereocenters. The fourth-order valence-corrected chi connectivity index (χ4v) is 2.81. The number of rotatable bonds is 2. The van der Waals surface area contributed by atoms with Crippen LogP contribution in [-0.4, -0.2) is 32.8 Å². The van der Waals surface area contributed by atoms with Crippen LogP contribution in [-0.2, 0) is 0 Å². The Bertz CT molecular complexity index is 128. The van der Waals surface area contributed by atoms with Crippen LogP contribution in [0.2, 0.25) is 0 Å². The summed E-state index contributed by atoms with van der Waals surface area (Å²) in [7, 11) is 0. The van der Waals surface area contributed by atoms with Crippen molar-refractivity contribution in [3.05, 3.63) is 0 Å². The van der Waals surface area contributed by atoms with Gasteiger partial charge in [-0.3, -0.25) is 9.80 Å². The van der Waals surface area contributed by atoms with Gasteiger partial charge >= 0.3 is 0 Å². The molecule has 0 spiro atoms. The molecule has 2 rings (SSSR count). The molecule has 0 saturated carbocycles. The number of quaternary nitrogens is 2. The van der Waals surface area contributed by atoms with Gasteiger partial charge in [0.1, 0.15) is 0 Å². The zero-order valence-electron chi connectivity index (χ0n) is 9.53. The van der Waals surface area contributed by atoms with E-state index in [0.29, 0.717) is 0 Å². The van der Waals surface area contributed by atoms with Gasteiger partial charge in [-0.25, -0.2) is 0 Å². The molecule has 2 aliphatic rings. The van der Waals surface area contributed by atoms with Crippen molar-refractivity contribution in [3.63, 3.8) is 0 Å². The van der Waals surface area contributed by atoms with Gasteiger partial charge in [0.05, 0.1) is 26.2 Å². The zero-order valence-corrected chi connectivity index (χ0v) is 11.0. The lowest BCUT2D eigenvalue weighted by atomic mass is 10.1. The Morgan fingerprint density at radius 1 is 0.533 bits per heavy atom. The van der Waals surface area contributed by atoms with Crippen molar-refractivity contribution in [3.8, 4) is 0 Å². The summed E-state index contributed by atoms with van der Waals surface area (Å²) in [5, 5.41) is 0. The molecule has 2 saturated heterocycles. The topological polar surface area (TPSA) is 8.88 Å². The van der Waals surface area contributed by atoms with Gasteiger partial charge in [0.25, 0.3) is 0 Å². The predicted octanol–water partition coefficient (Wildman–Crippen LogP) is -6.91. The van der Waals surface area contributed by atoms with E-state index < -0.39 is 0 Å². The monoisotopic (exact) mass is 254 g/mol. The highest BCUT2D eigenvalue weighted by Crippen LogP contribution is 1.95. The van der Waals surface area contributed by atoms with Crippen LogP contribution in [0.3, 0.4) is 0 Å². The van der Waals surface area contributed by atoms with E-state index in [1.165, 1.54) is 71.4 Å². The molecule has 0 aliphatic carbocycles. The summed E-state index contributed by atoms with van der Waals surface area (Å²) in [4.78, 5) is 3.76. The second-order valence-electron chi connectivity index (χ2n) is 4.80. The summed E-state index contributed by atoms with van der Waals surface area (Å²) in [5.74, 6) is 0. The highest BCUT2D eigenvalue weighted by atomic mass is 35.5. The van der Waals surface area contributed by atoms with Crippen molar-refractivity contribution in [1.29, 1.82) is 0 Å². The van der Waals surface area contributed by atoms with Gasteiger partial charge in [-0.15, -0.1) is 0 Å². The van der Waals surface area contributed by atoms with Gasteiger partial charge in [0, 0.05) is 0 Å². The Morgan fingerprint density at radius 2 is 0.867 bits per heavy atom. The van der Waals surface area contributed by atoms with Gasteiger partial charge in [-0.1, -0.05) is 0 Å². The molecule has 0 aromatic carbocycles. The van der Waals surface area contributed by atoms with Crippen molar-refractivity contribution in [1.82, 2.24) is 0 Å². The smallest absolute Gasteiger partial charge is 0.204 e. The van der Waals surface area contributed by atoms with Gasteiger partial charge < -0.3 is 24.8 Å². The van der Waals surface area contributed by atoms with Crippen LogP contribution in [0.15, 0.2) is 0 Å². The molecule has 92 valence electrons. The number of nitrogens with one attached hydrogen (secondary N) is 2. The third-order valence-corrected chi connectivity index (χ3v) is 3.62. The quantitative estimate of drug-likeness (QED) is 0.485. The molecule has 0 amide bonds. The van der Waals surface area contributed by atoms with Crippen molar-refractivity contribution >= 4 is 0 Å². The Balaban J connectivity index is 0.000000980. The molecule has 0 aromatic heterocycles. The van der Waals surface area contributed by atoms with Crippen LogP contribution in [0, 0.1) is 0 Å². The maximum absolute atomic E-state index is 1.88. The second-order valence-corrected chi connectivity index (χ2v) is 4.80. The highest BCUT2D eigenvalue weighted by Gasteiger charge is 2.21. The minimum Gasteiger partial charge on any atom is -1.00 e. The van der Waals surface area contributed by atoms with Gasteiger partial charge in [0.2, 0.25) is 6.67 Å². The first-order valence-electron chi connectivity index (χ1n) is 6.12. The fourth-order valence-electron chi connectivity index (χ4n) is 2.81. The van der Waals surface area contributed by atoms with Crippen LogP contribution in [0.4, 0.5) is 0 Å². The van der Waals surface area contributed by atoms with Crippen LogP contribution < -0.4 is 34.6 Å². The number of likely N-dealkylation sites (tertiary alicyclic amines) is 2. The summed E-state index contributed by atoms with van der Waals surface area (Å²) in [5.41, 5.74) is 0. The molecule has 2 heterocycles. The average Bonchev–Trinajstić information content (AvgIpc) is 2.21. The number of halogens is 2. The first-order chi connectivity index (χ1) is 6.45. The molecular formula is C11H24Cl2N2. The summed E-state index contributed by atoms with van der Waals surface area (Å²) in [6.45, 7) is 7.21. The minimum absolute atomic E-state index is 0. The van der Waals surface area contributed by atoms with Crippen LogP contribution in [0.5, 0.6) is 0 Å². The third-order valence-electron chi connectivity index (χ3n) is 3.62. The van der Waals surface area contributed by atoms with E-state index in [9.17, 15) is 0 Å². The van der Waals surface area contributed by atoms with E-state index >= 15 is 0 Å². The lowest BCUT2D eigenvalue weighted by Gasteiger charge is -2.29. The lowest BCUT2D eigenvalue weighted by molar-refractivity contribution is -1.09. The van der Waals surface area contributed by atoms with E-state index in [0.717, 1.165) is 0 Å². The molecular weight excluding hydrogens is 231 g/mol. The molecule has 2 fully saturated rings. The maximum atomic E-state index is 1.88. The number of hydrogen-bond acceptors (Lipinski definition) is 0. The van der Waals surface area contributed by atoms with Crippen LogP contribution in [0.25, 0.3) is 0 Å². The molecule has 2 aliphatic heterocycles. The standard InChI is InChI=1S/C11H22N2.2ClH/c1-3-7-12(8-4-1)11-13-9-5-2-6-10-13;;/h1-11H2;2*1H. The Labute approximate surface area is 106 Å². The fraction of sp³-hybridized carbons (Fsp3) is 1.00. The summed E-state index contributed by atoms with van der Waals surface area (Å²) in [6, 6.07) is 0. The molecule has 2 N–H and O–H groups in total.